The molecule has 0 saturated carbocycles. The van der Waals surface area contributed by atoms with Crippen molar-refractivity contribution in [1.82, 2.24) is 96.5 Å². The van der Waals surface area contributed by atoms with Crippen LogP contribution in [0.5, 0.6) is 0 Å². The van der Waals surface area contributed by atoms with E-state index >= 15 is 0 Å². The number of halogens is 1. The zero-order chi connectivity index (χ0) is 73.5. The molecule has 35 heteroatoms. The van der Waals surface area contributed by atoms with Gasteiger partial charge >= 0.3 is 6.09 Å². The average Bonchev–Trinajstić information content (AvgIpc) is 1.84. The Morgan fingerprint density at radius 3 is 1.61 bits per heavy atom. The van der Waals surface area contributed by atoms with Crippen molar-refractivity contribution < 1.29 is 19.0 Å². The summed E-state index contributed by atoms with van der Waals surface area (Å²) in [6.45, 7) is 25.8. The molecule has 1 amide bonds. The third-order valence-corrected chi connectivity index (χ3v) is 25.7. The molecule has 2 aliphatic rings. The number of hydrogen-bond acceptors (Lipinski definition) is 25. The van der Waals surface area contributed by atoms with Gasteiger partial charge in [-0.2, -0.15) is 57.3 Å². The molecule has 550 valence electrons. The van der Waals surface area contributed by atoms with Gasteiger partial charge in [0.2, 0.25) is 0 Å². The lowest BCUT2D eigenvalue weighted by atomic mass is 10.2. The molecule has 15 rings (SSSR count). The highest BCUT2D eigenvalue weighted by molar-refractivity contribution is 8.00. The minimum atomic E-state index is -1.26. The zero-order valence-corrected chi connectivity index (χ0v) is 67.7. The molecule has 0 radical (unpaired) electrons. The first-order chi connectivity index (χ1) is 50.5. The fourth-order valence-electron chi connectivity index (χ4n) is 11.6. The van der Waals surface area contributed by atoms with Crippen molar-refractivity contribution in [2.75, 3.05) is 68.0 Å². The molecule has 2 aliphatic heterocycles. The number of likely N-dealkylation sites (tertiary alicyclic amines) is 1. The third-order valence-electron chi connectivity index (χ3n) is 17.2. The largest absolute Gasteiger partial charge is 0.445 e. The Kier molecular flexibility index (Phi) is 23.6. The van der Waals surface area contributed by atoms with Gasteiger partial charge in [-0.15, -0.1) is 23.5 Å². The summed E-state index contributed by atoms with van der Waals surface area (Å²) in [5.74, 6) is 2.51. The summed E-state index contributed by atoms with van der Waals surface area (Å²) in [6, 6.07) is 24.0. The molecule has 2 atom stereocenters. The van der Waals surface area contributed by atoms with E-state index in [0.717, 1.165) is 148 Å². The Bertz CT molecular complexity index is 5090. The molecule has 14 heterocycles. The SMILES string of the molecule is Cc1cc(N(COCC[Si](C)(C)C)c2cc(Cl)nc3c(-c4cnn(C)c4)cnn23)sn1.Cc1cc(N(COCC[Si](C)(C)C)c2cc(SC3CCN(C(=O)OCc4ccccc4)C3)nc3c(-c4cnn(C)c4)cnn23)sn1.Cc1cc(Nc2cc(SC3CCNC3)nc3c(-c4cnn(C)c4)cnn23)sn1. The van der Waals surface area contributed by atoms with Gasteiger partial charge in [0.05, 0.1) is 54.3 Å². The minimum Gasteiger partial charge on any atom is -0.445 e. The maximum Gasteiger partial charge on any atom is 0.410 e. The number of anilines is 6. The first-order valence-electron chi connectivity index (χ1n) is 34.6. The van der Waals surface area contributed by atoms with Crippen molar-refractivity contribution in [1.29, 1.82) is 0 Å². The first kappa shape index (κ1) is 74.8. The van der Waals surface area contributed by atoms with E-state index in [1.165, 1.54) is 34.6 Å². The van der Waals surface area contributed by atoms with E-state index in [1.54, 1.807) is 47.6 Å². The molecular weight excluding hydrogens is 1480 g/mol. The highest BCUT2D eigenvalue weighted by atomic mass is 35.5. The number of fused-ring (bicyclic) bond motifs is 3. The molecule has 0 aliphatic carbocycles. The second-order valence-electron chi connectivity index (χ2n) is 28.3. The van der Waals surface area contributed by atoms with Gasteiger partial charge in [0, 0.05) is 151 Å². The number of nitrogens with one attached hydrogen (secondary N) is 2. The highest BCUT2D eigenvalue weighted by Crippen LogP contribution is 2.40. The number of rotatable bonds is 25. The molecule has 2 unspecified atom stereocenters. The predicted octanol–water partition coefficient (Wildman–Crippen LogP) is 14.9. The molecule has 2 saturated heterocycles. The fraction of sp³-hybridized carbons (Fsp3) is 0.386. The van der Waals surface area contributed by atoms with Gasteiger partial charge in [0.25, 0.3) is 0 Å². The van der Waals surface area contributed by atoms with Gasteiger partial charge in [-0.25, -0.2) is 19.7 Å². The first-order valence-corrected chi connectivity index (χ1v) is 46.4. The van der Waals surface area contributed by atoms with Gasteiger partial charge in [-0.3, -0.25) is 23.8 Å². The standard InChI is InChI=1S/C32H40N8O3S2Si.C20H26ClN7OSSi.C18H20N8S2/c1-23-15-30(45-36-23)39(22-42-13-14-46(3,4)5)29-16-28(35-31-27(18-34-40(29)31)25-17-33-37(2)19-25)44-26-11-12-38(20-26)32(41)43-21-24-9-7-6-8-10-24;1-14-8-19(30-25-14)27(13-29-6-7-31(3,4)5)18-9-17(21)24-20-16(11-23-28(18)20)15-10-22-26(2)12-15;1-11-5-17(28-24-11)22-15-6-16(27-13-3-4-19-8-13)23-18-14(9-21-26(15)18)12-7-20-25(2)10-12/h6-10,15-19,26H,11-14,20-22H2,1-5H3;8-12H,6-7,13H2,1-5H3;5-7,9-10,13,19,22H,3-4,8H2,1-2H3. The average molecular weight is 1570 g/mol. The van der Waals surface area contributed by atoms with Crippen molar-refractivity contribution in [3.63, 3.8) is 0 Å². The molecule has 0 spiro atoms. The van der Waals surface area contributed by atoms with Crippen LogP contribution in [0.25, 0.3) is 50.3 Å². The number of amides is 1. The number of nitrogens with zero attached hydrogens (tertiary/aromatic N) is 21. The van der Waals surface area contributed by atoms with E-state index in [2.05, 4.69) is 122 Å². The molecular formula is C70H86ClN23O4S5Si2. The second-order valence-corrected chi connectivity index (χ2v) is 45.0. The van der Waals surface area contributed by atoms with Crippen molar-refractivity contribution in [2.24, 2.45) is 21.1 Å². The fourth-order valence-corrected chi connectivity index (χ4v) is 17.7. The van der Waals surface area contributed by atoms with E-state index in [9.17, 15) is 4.79 Å². The van der Waals surface area contributed by atoms with Crippen LogP contribution in [0.2, 0.25) is 56.5 Å². The topological polar surface area (TPSA) is 261 Å². The number of thioether (sulfide) groups is 2. The third kappa shape index (κ3) is 19.1. The lowest BCUT2D eigenvalue weighted by Gasteiger charge is -2.25. The number of ether oxygens (including phenoxy) is 3. The summed E-state index contributed by atoms with van der Waals surface area (Å²) < 4.78 is 42.3. The quantitative estimate of drug-likeness (QED) is 0.0233. The van der Waals surface area contributed by atoms with Crippen LogP contribution in [-0.2, 0) is 42.0 Å². The van der Waals surface area contributed by atoms with Crippen molar-refractivity contribution in [3.05, 3.63) is 150 Å². The Labute approximate surface area is 637 Å². The number of aromatic nitrogens is 18. The summed E-state index contributed by atoms with van der Waals surface area (Å²) >= 11 is 14.3. The Hall–Kier alpha value is -8.43. The van der Waals surface area contributed by atoms with Crippen LogP contribution >= 0.6 is 69.7 Å². The summed E-state index contributed by atoms with van der Waals surface area (Å²) in [6.07, 6.45) is 18.6. The summed E-state index contributed by atoms with van der Waals surface area (Å²) in [5, 5.41) is 39.7. The van der Waals surface area contributed by atoms with Crippen LogP contribution < -0.4 is 20.4 Å². The number of benzene rings is 1. The molecule has 27 nitrogen and oxygen atoms in total. The molecule has 12 aromatic heterocycles. The molecule has 13 aromatic rings. The number of hydrogen-bond donors (Lipinski definition) is 2. The Balaban J connectivity index is 0.000000145. The molecule has 2 fully saturated rings. The smallest absolute Gasteiger partial charge is 0.410 e. The summed E-state index contributed by atoms with van der Waals surface area (Å²) in [5.41, 5.74) is 11.7. The summed E-state index contributed by atoms with van der Waals surface area (Å²) in [7, 11) is 3.26. The van der Waals surface area contributed by atoms with Crippen molar-refractivity contribution in [2.45, 2.75) is 112 Å². The number of carbonyl (C=O) groups excluding carboxylic acids is 1. The van der Waals surface area contributed by atoms with Gasteiger partial charge in [0.15, 0.2) is 16.9 Å². The zero-order valence-electron chi connectivity index (χ0n) is 60.8. The van der Waals surface area contributed by atoms with Gasteiger partial charge < -0.3 is 29.7 Å². The van der Waals surface area contributed by atoms with Crippen LogP contribution in [-0.4, -0.2) is 177 Å². The van der Waals surface area contributed by atoms with Gasteiger partial charge in [-0.05, 0) is 111 Å². The van der Waals surface area contributed by atoms with Crippen molar-refractivity contribution >= 4 is 141 Å². The molecule has 2 N–H and O–H groups in total. The normalized spacial score (nSPS) is 14.7. The van der Waals surface area contributed by atoms with Gasteiger partial charge in [0.1, 0.15) is 67.7 Å². The highest BCUT2D eigenvalue weighted by Gasteiger charge is 2.31. The molecule has 0 bridgehead atoms. The van der Waals surface area contributed by atoms with Crippen LogP contribution in [0.3, 0.4) is 0 Å². The van der Waals surface area contributed by atoms with Crippen LogP contribution in [0, 0.1) is 20.8 Å². The van der Waals surface area contributed by atoms with E-state index in [0.29, 0.717) is 55.8 Å². The Morgan fingerprint density at radius 2 is 1.11 bits per heavy atom. The lowest BCUT2D eigenvalue weighted by molar-refractivity contribution is 0.104. The van der Waals surface area contributed by atoms with E-state index < -0.39 is 16.1 Å². The van der Waals surface area contributed by atoms with E-state index in [-0.39, 0.29) is 18.0 Å². The number of aryl methyl sites for hydroxylation is 6. The maximum absolute atomic E-state index is 12.9. The Morgan fingerprint density at radius 1 is 0.610 bits per heavy atom. The molecule has 105 heavy (non-hydrogen) atoms. The van der Waals surface area contributed by atoms with E-state index in [1.807, 2.05) is 155 Å². The predicted molar refractivity (Wildman–Crippen MR) is 426 cm³/mol. The van der Waals surface area contributed by atoms with E-state index in [4.69, 9.17) is 40.9 Å². The van der Waals surface area contributed by atoms with Crippen LogP contribution in [0.15, 0.2) is 133 Å². The minimum absolute atomic E-state index is 0.170. The van der Waals surface area contributed by atoms with Gasteiger partial charge in [-0.1, -0.05) is 81.2 Å². The van der Waals surface area contributed by atoms with Crippen LogP contribution in [0.4, 0.5) is 37.3 Å². The lowest BCUT2D eigenvalue weighted by Crippen LogP contribution is -2.29. The number of carbonyl (C=O) groups is 1. The monoisotopic (exact) mass is 1560 g/mol. The maximum atomic E-state index is 12.9. The molecule has 1 aromatic carbocycles. The second kappa shape index (κ2) is 33.2. The van der Waals surface area contributed by atoms with Crippen molar-refractivity contribution in [3.8, 4) is 33.4 Å². The summed E-state index contributed by atoms with van der Waals surface area (Å²) in [4.78, 5) is 33.5. The van der Waals surface area contributed by atoms with Crippen LogP contribution in [0.1, 0.15) is 35.5 Å².